The van der Waals surface area contributed by atoms with Gasteiger partial charge in [-0.15, -0.1) is 0 Å². The molecule has 35 heavy (non-hydrogen) atoms. The van der Waals surface area contributed by atoms with Crippen LogP contribution in [0.1, 0.15) is 75.7 Å². The summed E-state index contributed by atoms with van der Waals surface area (Å²) in [4.78, 5) is 29.2. The van der Waals surface area contributed by atoms with Crippen LogP contribution in [0.25, 0.3) is 0 Å². The van der Waals surface area contributed by atoms with Crippen molar-refractivity contribution in [2.24, 2.45) is 5.92 Å². The molecule has 0 radical (unpaired) electrons. The largest absolute Gasteiger partial charge is 0.486 e. The summed E-state index contributed by atoms with van der Waals surface area (Å²) in [6.45, 7) is -0.00273. The standard InChI is InChI=1S/C28H38N2O5/c31-16-15-29-27(33)21-17-22(25(32)26-24(21)20-13-7-8-14-23(20)35-26)30(19-11-3-1-2-4-12-19)28(34)18-9-5-6-10-18/h7-8,13-14,17-19,22,24-26,31-32H,1-6,9-12,15-16H2,(H,29,33)/t22-,24+,25+,26+/m1/s1. The minimum absolute atomic E-state index is 0.00932. The van der Waals surface area contributed by atoms with Crippen LogP contribution in [0.5, 0.6) is 5.75 Å². The van der Waals surface area contributed by atoms with Crippen LogP contribution in [0.2, 0.25) is 0 Å². The third-order valence-electron chi connectivity index (χ3n) is 8.38. The second-order valence-electron chi connectivity index (χ2n) is 10.6. The van der Waals surface area contributed by atoms with Crippen LogP contribution >= 0.6 is 0 Å². The summed E-state index contributed by atoms with van der Waals surface area (Å²) in [7, 11) is 0. The number of carbonyl (C=O) groups excluding carboxylic acids is 2. The number of aliphatic hydroxyl groups is 2. The maximum absolute atomic E-state index is 14.0. The first-order valence-electron chi connectivity index (χ1n) is 13.5. The first-order chi connectivity index (χ1) is 17.1. The molecule has 2 amide bonds. The highest BCUT2D eigenvalue weighted by atomic mass is 16.5. The molecule has 5 rings (SSSR count). The van der Waals surface area contributed by atoms with Gasteiger partial charge in [0.2, 0.25) is 11.8 Å². The zero-order valence-corrected chi connectivity index (χ0v) is 20.4. The second-order valence-corrected chi connectivity index (χ2v) is 10.6. The molecule has 7 heteroatoms. The van der Waals surface area contributed by atoms with E-state index in [1.807, 2.05) is 35.2 Å². The van der Waals surface area contributed by atoms with Crippen molar-refractivity contribution < 1.29 is 24.5 Å². The zero-order chi connectivity index (χ0) is 24.4. The van der Waals surface area contributed by atoms with Gasteiger partial charge in [-0.3, -0.25) is 9.59 Å². The summed E-state index contributed by atoms with van der Waals surface area (Å²) >= 11 is 0. The second kappa shape index (κ2) is 10.7. The highest BCUT2D eigenvalue weighted by Gasteiger charge is 2.51. The van der Waals surface area contributed by atoms with Crippen LogP contribution in [0.4, 0.5) is 0 Å². The minimum Gasteiger partial charge on any atom is -0.486 e. The molecular weight excluding hydrogens is 444 g/mol. The maximum atomic E-state index is 14.0. The Bertz CT molecular complexity index is 948. The Morgan fingerprint density at radius 3 is 2.40 bits per heavy atom. The Labute approximate surface area is 207 Å². The lowest BCUT2D eigenvalue weighted by molar-refractivity contribution is -0.145. The molecule has 190 valence electrons. The van der Waals surface area contributed by atoms with Gasteiger partial charge in [-0.1, -0.05) is 56.7 Å². The van der Waals surface area contributed by atoms with Gasteiger partial charge in [0.25, 0.3) is 0 Å². The van der Waals surface area contributed by atoms with Crippen LogP contribution in [0.15, 0.2) is 35.9 Å². The Kier molecular flexibility index (Phi) is 7.44. The lowest BCUT2D eigenvalue weighted by Gasteiger charge is -2.45. The molecule has 0 saturated heterocycles. The molecule has 2 fully saturated rings. The predicted octanol–water partition coefficient (Wildman–Crippen LogP) is 3.05. The number of para-hydroxylation sites is 1. The first kappa shape index (κ1) is 24.3. The van der Waals surface area contributed by atoms with Gasteiger partial charge in [0.15, 0.2) is 0 Å². The number of rotatable bonds is 6. The molecule has 1 aliphatic heterocycles. The number of benzene rings is 1. The SMILES string of the molecule is O=C(NCCO)C1=C[C@@H](N(C(=O)C2CCCC2)C2CCCCCC2)[C@H](O)[C@H]2Oc3ccccc3[C@@H]12. The van der Waals surface area contributed by atoms with Crippen molar-refractivity contribution in [3.05, 3.63) is 41.5 Å². The normalized spacial score (nSPS) is 28.9. The molecule has 0 bridgehead atoms. The molecule has 3 aliphatic carbocycles. The summed E-state index contributed by atoms with van der Waals surface area (Å²) in [6.07, 6.45) is 10.5. The van der Waals surface area contributed by atoms with E-state index in [0.29, 0.717) is 11.3 Å². The zero-order valence-electron chi connectivity index (χ0n) is 20.4. The molecule has 1 heterocycles. The number of nitrogens with zero attached hydrogens (tertiary/aromatic N) is 1. The van der Waals surface area contributed by atoms with Crippen LogP contribution in [0, 0.1) is 5.92 Å². The number of amides is 2. The Morgan fingerprint density at radius 2 is 1.69 bits per heavy atom. The molecule has 2 saturated carbocycles. The van der Waals surface area contributed by atoms with Crippen molar-refractivity contribution in [3.63, 3.8) is 0 Å². The van der Waals surface area contributed by atoms with E-state index >= 15 is 0 Å². The summed E-state index contributed by atoms with van der Waals surface area (Å²) in [6, 6.07) is 7.04. The number of hydrogen-bond acceptors (Lipinski definition) is 5. The van der Waals surface area contributed by atoms with Crippen molar-refractivity contribution in [1.29, 1.82) is 0 Å². The van der Waals surface area contributed by atoms with E-state index in [-0.39, 0.29) is 36.9 Å². The number of fused-ring (bicyclic) bond motifs is 3. The average Bonchev–Trinajstić information content (AvgIpc) is 3.47. The highest BCUT2D eigenvalue weighted by molar-refractivity contribution is 5.96. The lowest BCUT2D eigenvalue weighted by Crippen LogP contribution is -2.59. The van der Waals surface area contributed by atoms with Gasteiger partial charge in [0.1, 0.15) is 18.0 Å². The fraction of sp³-hybridized carbons (Fsp3) is 0.643. The molecule has 1 aromatic carbocycles. The van der Waals surface area contributed by atoms with Gasteiger partial charge in [0, 0.05) is 29.6 Å². The molecule has 4 atom stereocenters. The van der Waals surface area contributed by atoms with Crippen molar-refractivity contribution in [1.82, 2.24) is 10.2 Å². The van der Waals surface area contributed by atoms with Gasteiger partial charge in [0.05, 0.1) is 18.6 Å². The topological polar surface area (TPSA) is 99.1 Å². The van der Waals surface area contributed by atoms with Gasteiger partial charge in [-0.2, -0.15) is 0 Å². The number of aliphatic hydroxyl groups excluding tert-OH is 2. The maximum Gasteiger partial charge on any atom is 0.247 e. The van der Waals surface area contributed by atoms with Crippen LogP contribution < -0.4 is 10.1 Å². The van der Waals surface area contributed by atoms with E-state index in [4.69, 9.17) is 4.74 Å². The van der Waals surface area contributed by atoms with Crippen molar-refractivity contribution in [2.45, 2.75) is 94.4 Å². The van der Waals surface area contributed by atoms with Gasteiger partial charge < -0.3 is 25.2 Å². The smallest absolute Gasteiger partial charge is 0.247 e. The molecule has 0 unspecified atom stereocenters. The molecule has 1 aromatic rings. The average molecular weight is 483 g/mol. The van der Waals surface area contributed by atoms with Gasteiger partial charge in [-0.25, -0.2) is 0 Å². The fourth-order valence-corrected chi connectivity index (χ4v) is 6.65. The van der Waals surface area contributed by atoms with E-state index in [2.05, 4.69) is 5.32 Å². The number of carbonyl (C=O) groups is 2. The lowest BCUT2D eigenvalue weighted by atomic mass is 9.77. The fourth-order valence-electron chi connectivity index (χ4n) is 6.65. The van der Waals surface area contributed by atoms with E-state index < -0.39 is 24.2 Å². The number of hydrogen-bond donors (Lipinski definition) is 3. The summed E-state index contributed by atoms with van der Waals surface area (Å²) in [5, 5.41) is 23.8. The minimum atomic E-state index is -0.935. The molecule has 0 aromatic heterocycles. The van der Waals surface area contributed by atoms with Crippen molar-refractivity contribution in [3.8, 4) is 5.75 Å². The van der Waals surface area contributed by atoms with Crippen molar-refractivity contribution >= 4 is 11.8 Å². The number of ether oxygens (including phenoxy) is 1. The third kappa shape index (κ3) is 4.73. The first-order valence-corrected chi connectivity index (χ1v) is 13.5. The summed E-state index contributed by atoms with van der Waals surface area (Å²) in [5.41, 5.74) is 1.39. The van der Waals surface area contributed by atoms with Crippen molar-refractivity contribution in [2.75, 3.05) is 13.2 Å². The highest BCUT2D eigenvalue weighted by Crippen LogP contribution is 2.48. The third-order valence-corrected chi connectivity index (χ3v) is 8.38. The quantitative estimate of drug-likeness (QED) is 0.542. The molecule has 4 aliphatic rings. The van der Waals surface area contributed by atoms with Crippen LogP contribution in [-0.2, 0) is 9.59 Å². The molecule has 0 spiro atoms. The molecular formula is C28H38N2O5. The Hall–Kier alpha value is -2.38. The number of nitrogens with one attached hydrogen (secondary N) is 1. The van der Waals surface area contributed by atoms with Crippen LogP contribution in [0.3, 0.4) is 0 Å². The Balaban J connectivity index is 1.55. The van der Waals surface area contributed by atoms with E-state index in [1.165, 1.54) is 12.8 Å². The summed E-state index contributed by atoms with van der Waals surface area (Å²) in [5.74, 6) is 0.101. The van der Waals surface area contributed by atoms with Gasteiger partial charge in [-0.05, 0) is 37.8 Å². The van der Waals surface area contributed by atoms with Gasteiger partial charge >= 0.3 is 0 Å². The predicted molar refractivity (Wildman–Crippen MR) is 132 cm³/mol. The monoisotopic (exact) mass is 482 g/mol. The van der Waals surface area contributed by atoms with Crippen LogP contribution in [-0.4, -0.2) is 64.4 Å². The Morgan fingerprint density at radius 1 is 1.00 bits per heavy atom. The molecule has 3 N–H and O–H groups in total. The van der Waals surface area contributed by atoms with E-state index in [9.17, 15) is 19.8 Å². The molecule has 7 nitrogen and oxygen atoms in total. The van der Waals surface area contributed by atoms with E-state index in [0.717, 1.165) is 56.9 Å². The summed E-state index contributed by atoms with van der Waals surface area (Å²) < 4.78 is 6.25. The van der Waals surface area contributed by atoms with E-state index in [1.54, 1.807) is 0 Å².